The monoisotopic (exact) mass is 329 g/mol. The van der Waals surface area contributed by atoms with Gasteiger partial charge in [0.1, 0.15) is 0 Å². The number of hydrazine groups is 1. The number of hydrogen-bond donors (Lipinski definition) is 2. The summed E-state index contributed by atoms with van der Waals surface area (Å²) >= 11 is 4.97. The highest BCUT2D eigenvalue weighted by Gasteiger charge is 2.26. The van der Waals surface area contributed by atoms with Crippen LogP contribution in [0.3, 0.4) is 0 Å². The number of para-hydroxylation sites is 1. The first-order valence-electron chi connectivity index (χ1n) is 6.68. The zero-order chi connectivity index (χ0) is 17.0. The second kappa shape index (κ2) is 6.89. The third-order valence-corrected chi connectivity index (χ3v) is 3.39. The van der Waals surface area contributed by atoms with Gasteiger partial charge in [-0.2, -0.15) is 5.01 Å². The summed E-state index contributed by atoms with van der Waals surface area (Å²) in [7, 11) is 1.62. The molecule has 2 rings (SSSR count). The molecule has 0 radical (unpaired) electrons. The Morgan fingerprint density at radius 1 is 1.00 bits per heavy atom. The number of nitrogens with two attached hydrogens (primary N) is 1. The van der Waals surface area contributed by atoms with Crippen molar-refractivity contribution in [3.05, 3.63) is 65.7 Å². The number of aromatic carboxylic acids is 1. The number of amides is 1. The lowest BCUT2D eigenvalue weighted by Crippen LogP contribution is -2.51. The summed E-state index contributed by atoms with van der Waals surface area (Å²) in [5.41, 5.74) is 6.27. The van der Waals surface area contributed by atoms with Crippen molar-refractivity contribution in [1.29, 1.82) is 0 Å². The Hall–Kier alpha value is -2.93. The molecule has 0 saturated carbocycles. The van der Waals surface area contributed by atoms with Gasteiger partial charge in [-0.05, 0) is 36.5 Å². The van der Waals surface area contributed by atoms with E-state index < -0.39 is 11.9 Å². The van der Waals surface area contributed by atoms with E-state index in [2.05, 4.69) is 0 Å². The average molecular weight is 329 g/mol. The van der Waals surface area contributed by atoms with Gasteiger partial charge < -0.3 is 10.8 Å². The predicted octanol–water partition coefficient (Wildman–Crippen LogP) is 2.12. The van der Waals surface area contributed by atoms with Crippen LogP contribution < -0.4 is 10.7 Å². The van der Waals surface area contributed by atoms with Crippen molar-refractivity contribution >= 4 is 34.9 Å². The first kappa shape index (κ1) is 16.4. The first-order valence-corrected chi connectivity index (χ1v) is 7.09. The number of carboxylic acid groups (broad SMARTS) is 1. The normalized spacial score (nSPS) is 9.96. The van der Waals surface area contributed by atoms with Crippen molar-refractivity contribution in [2.24, 2.45) is 5.73 Å². The molecule has 0 heterocycles. The van der Waals surface area contributed by atoms with Crippen LogP contribution in [-0.2, 0) is 0 Å². The van der Waals surface area contributed by atoms with Gasteiger partial charge in [-0.15, -0.1) is 0 Å². The molecule has 118 valence electrons. The number of hydrogen-bond acceptors (Lipinski definition) is 4. The number of thiocarbonyl (C=S) groups is 1. The third kappa shape index (κ3) is 3.46. The molecule has 0 saturated heterocycles. The Morgan fingerprint density at radius 3 is 2.04 bits per heavy atom. The van der Waals surface area contributed by atoms with Crippen LogP contribution in [0.5, 0.6) is 0 Å². The van der Waals surface area contributed by atoms with Crippen molar-refractivity contribution in [3.8, 4) is 0 Å². The van der Waals surface area contributed by atoms with Gasteiger partial charge in [0, 0.05) is 7.05 Å². The summed E-state index contributed by atoms with van der Waals surface area (Å²) in [5.74, 6) is -1.80. The number of carboxylic acids is 1. The van der Waals surface area contributed by atoms with Crippen LogP contribution in [0, 0.1) is 0 Å². The van der Waals surface area contributed by atoms with Crippen molar-refractivity contribution in [1.82, 2.24) is 5.01 Å². The average Bonchev–Trinajstić information content (AvgIpc) is 2.55. The molecule has 23 heavy (non-hydrogen) atoms. The quantitative estimate of drug-likeness (QED) is 0.660. The summed E-state index contributed by atoms with van der Waals surface area (Å²) < 4.78 is 0. The van der Waals surface area contributed by atoms with E-state index in [-0.39, 0.29) is 16.2 Å². The van der Waals surface area contributed by atoms with E-state index in [9.17, 15) is 14.7 Å². The van der Waals surface area contributed by atoms with Crippen molar-refractivity contribution < 1.29 is 14.7 Å². The number of carbonyl (C=O) groups excluding carboxylic acids is 1. The van der Waals surface area contributed by atoms with Crippen LogP contribution >= 0.6 is 12.2 Å². The van der Waals surface area contributed by atoms with Gasteiger partial charge in [-0.1, -0.05) is 30.3 Å². The smallest absolute Gasteiger partial charge is 0.336 e. The Bertz CT molecular complexity index is 749. The summed E-state index contributed by atoms with van der Waals surface area (Å²) in [5, 5.41) is 11.6. The predicted molar refractivity (Wildman–Crippen MR) is 91.2 cm³/mol. The van der Waals surface area contributed by atoms with Crippen LogP contribution in [0.25, 0.3) is 0 Å². The molecule has 7 heteroatoms. The fraction of sp³-hybridized carbons (Fsp3) is 0.0625. The molecular formula is C16H15N3O3S. The molecule has 0 unspecified atom stereocenters. The van der Waals surface area contributed by atoms with Crippen LogP contribution in [0.2, 0.25) is 0 Å². The Morgan fingerprint density at radius 2 is 1.52 bits per heavy atom. The maximum Gasteiger partial charge on any atom is 0.336 e. The summed E-state index contributed by atoms with van der Waals surface area (Å²) in [6.45, 7) is 0. The highest BCUT2D eigenvalue weighted by Crippen LogP contribution is 2.18. The summed E-state index contributed by atoms with van der Waals surface area (Å²) in [6.07, 6.45) is 0. The molecule has 6 nitrogen and oxygen atoms in total. The van der Waals surface area contributed by atoms with Gasteiger partial charge in [0.15, 0.2) is 5.11 Å². The SMILES string of the molecule is CN(c1ccccc1)N(C(=O)c1ccccc1C(=O)O)C(N)=S. The zero-order valence-corrected chi connectivity index (χ0v) is 13.2. The number of benzene rings is 2. The van der Waals surface area contributed by atoms with E-state index in [1.165, 1.54) is 17.1 Å². The number of anilines is 1. The second-order valence-electron chi connectivity index (χ2n) is 4.67. The molecule has 0 aliphatic rings. The highest BCUT2D eigenvalue weighted by atomic mass is 32.1. The van der Waals surface area contributed by atoms with Crippen molar-refractivity contribution in [3.63, 3.8) is 0 Å². The molecule has 0 aromatic heterocycles. The largest absolute Gasteiger partial charge is 0.478 e. The fourth-order valence-corrected chi connectivity index (χ4v) is 2.32. The van der Waals surface area contributed by atoms with Gasteiger partial charge in [0.2, 0.25) is 0 Å². The number of nitrogens with zero attached hydrogens (tertiary/aromatic N) is 2. The highest BCUT2D eigenvalue weighted by molar-refractivity contribution is 7.80. The van der Waals surface area contributed by atoms with Gasteiger partial charge in [-0.3, -0.25) is 9.80 Å². The maximum absolute atomic E-state index is 12.8. The molecule has 1 amide bonds. The van der Waals surface area contributed by atoms with E-state index in [0.29, 0.717) is 5.69 Å². The molecule has 0 atom stereocenters. The molecule has 0 bridgehead atoms. The maximum atomic E-state index is 12.8. The molecule has 2 aromatic carbocycles. The molecule has 2 aromatic rings. The van der Waals surface area contributed by atoms with Crippen molar-refractivity contribution in [2.45, 2.75) is 0 Å². The second-order valence-corrected chi connectivity index (χ2v) is 5.08. The molecular weight excluding hydrogens is 314 g/mol. The minimum atomic E-state index is -1.20. The fourth-order valence-electron chi connectivity index (χ4n) is 2.11. The summed E-state index contributed by atoms with van der Waals surface area (Å²) in [6, 6.07) is 14.9. The number of rotatable bonds is 4. The molecule has 0 spiro atoms. The van der Waals surface area contributed by atoms with E-state index >= 15 is 0 Å². The van der Waals surface area contributed by atoms with Crippen LogP contribution in [0.15, 0.2) is 54.6 Å². The zero-order valence-electron chi connectivity index (χ0n) is 12.3. The molecule has 3 N–H and O–H groups in total. The van der Waals surface area contributed by atoms with Crippen LogP contribution in [0.1, 0.15) is 20.7 Å². The minimum Gasteiger partial charge on any atom is -0.478 e. The minimum absolute atomic E-state index is 0.00980. The van der Waals surface area contributed by atoms with E-state index in [1.807, 2.05) is 6.07 Å². The molecule has 0 aliphatic carbocycles. The number of carbonyl (C=O) groups is 2. The Labute approximate surface area is 138 Å². The van der Waals surface area contributed by atoms with Gasteiger partial charge in [-0.25, -0.2) is 4.79 Å². The van der Waals surface area contributed by atoms with Gasteiger partial charge >= 0.3 is 5.97 Å². The molecule has 0 aliphatic heterocycles. The lowest BCUT2D eigenvalue weighted by atomic mass is 10.1. The third-order valence-electron chi connectivity index (χ3n) is 3.22. The van der Waals surface area contributed by atoms with Crippen LogP contribution in [-0.4, -0.2) is 34.2 Å². The lowest BCUT2D eigenvalue weighted by molar-refractivity contribution is 0.0686. The Kier molecular flexibility index (Phi) is 4.92. The van der Waals surface area contributed by atoms with Gasteiger partial charge in [0.25, 0.3) is 5.91 Å². The van der Waals surface area contributed by atoms with E-state index in [4.69, 9.17) is 18.0 Å². The van der Waals surface area contributed by atoms with Gasteiger partial charge in [0.05, 0.1) is 16.8 Å². The standard InChI is InChI=1S/C16H15N3O3S/c1-18(11-7-3-2-4-8-11)19(16(17)23)14(20)12-9-5-6-10-13(12)15(21)22/h2-10H,1H3,(H2,17,23)(H,21,22). The van der Waals surface area contributed by atoms with E-state index in [0.717, 1.165) is 5.01 Å². The van der Waals surface area contributed by atoms with E-state index in [1.54, 1.807) is 43.4 Å². The topological polar surface area (TPSA) is 86.9 Å². The Balaban J connectivity index is 2.45. The first-order chi connectivity index (χ1) is 10.9. The van der Waals surface area contributed by atoms with Crippen LogP contribution in [0.4, 0.5) is 5.69 Å². The lowest BCUT2D eigenvalue weighted by Gasteiger charge is -2.32. The molecule has 0 fully saturated rings. The summed E-state index contributed by atoms with van der Waals surface area (Å²) in [4.78, 5) is 24.1. The van der Waals surface area contributed by atoms with Crippen molar-refractivity contribution in [2.75, 3.05) is 12.1 Å².